The molecule has 0 aliphatic rings. The summed E-state index contributed by atoms with van der Waals surface area (Å²) >= 11 is 0. The van der Waals surface area contributed by atoms with E-state index in [1.807, 2.05) is 36.4 Å². The number of carbonyl (C=O) groups excluding carboxylic acids is 1. The van der Waals surface area contributed by atoms with Crippen molar-refractivity contribution in [1.82, 2.24) is 0 Å². The molecule has 23 heavy (non-hydrogen) atoms. The van der Waals surface area contributed by atoms with Crippen LogP contribution in [-0.4, -0.2) is 27.3 Å². The van der Waals surface area contributed by atoms with Gasteiger partial charge < -0.3 is 18.6 Å². The second-order valence-corrected chi connectivity index (χ2v) is 4.92. The van der Waals surface area contributed by atoms with Gasteiger partial charge in [0.15, 0.2) is 0 Å². The van der Waals surface area contributed by atoms with Crippen LogP contribution >= 0.6 is 0 Å². The number of benzene rings is 2. The maximum absolute atomic E-state index is 12.0. The average molecular weight is 312 g/mol. The Kier molecular flexibility index (Phi) is 3.93. The van der Waals surface area contributed by atoms with Crippen LogP contribution in [-0.2, 0) is 4.74 Å². The molecule has 0 N–H and O–H groups in total. The Hall–Kier alpha value is -2.95. The van der Waals surface area contributed by atoms with E-state index in [0.717, 1.165) is 16.7 Å². The molecular formula is C18H16O5. The Morgan fingerprint density at radius 1 is 0.913 bits per heavy atom. The molecule has 0 radical (unpaired) electrons. The zero-order chi connectivity index (χ0) is 16.4. The molecule has 118 valence electrons. The highest BCUT2D eigenvalue weighted by Gasteiger charge is 2.18. The molecule has 2 aromatic carbocycles. The molecular weight excluding hydrogens is 296 g/mol. The summed E-state index contributed by atoms with van der Waals surface area (Å²) in [5.41, 5.74) is 1.70. The quantitative estimate of drug-likeness (QED) is 0.684. The Morgan fingerprint density at radius 2 is 1.61 bits per heavy atom. The van der Waals surface area contributed by atoms with Crippen molar-refractivity contribution in [3.8, 4) is 22.8 Å². The zero-order valence-corrected chi connectivity index (χ0v) is 13.1. The van der Waals surface area contributed by atoms with Gasteiger partial charge in [-0.2, -0.15) is 0 Å². The van der Waals surface area contributed by atoms with Gasteiger partial charge in [0.25, 0.3) is 0 Å². The van der Waals surface area contributed by atoms with Gasteiger partial charge in [0, 0.05) is 10.9 Å². The van der Waals surface area contributed by atoms with Gasteiger partial charge in [0.2, 0.25) is 0 Å². The molecule has 5 nitrogen and oxygen atoms in total. The molecule has 5 heteroatoms. The lowest BCUT2D eigenvalue weighted by Gasteiger charge is -2.04. The number of furan rings is 1. The summed E-state index contributed by atoms with van der Waals surface area (Å²) in [6.45, 7) is 0. The van der Waals surface area contributed by atoms with E-state index in [4.69, 9.17) is 18.6 Å². The number of fused-ring (bicyclic) bond motifs is 1. The third-order valence-electron chi connectivity index (χ3n) is 3.61. The van der Waals surface area contributed by atoms with Crippen molar-refractivity contribution >= 4 is 16.9 Å². The van der Waals surface area contributed by atoms with Gasteiger partial charge in [-0.05, 0) is 42.5 Å². The highest BCUT2D eigenvalue weighted by Crippen LogP contribution is 2.33. The molecule has 0 unspecified atom stereocenters. The molecule has 0 aliphatic heterocycles. The number of rotatable bonds is 4. The van der Waals surface area contributed by atoms with Gasteiger partial charge in [-0.15, -0.1) is 0 Å². The van der Waals surface area contributed by atoms with E-state index < -0.39 is 5.97 Å². The summed E-state index contributed by atoms with van der Waals surface area (Å²) < 4.78 is 21.1. The number of hydrogen-bond donors (Lipinski definition) is 0. The number of carbonyl (C=O) groups is 1. The molecule has 0 amide bonds. The predicted octanol–water partition coefficient (Wildman–Crippen LogP) is 3.90. The lowest BCUT2D eigenvalue weighted by molar-refractivity contribution is 0.0601. The fraction of sp³-hybridized carbons (Fsp3) is 0.167. The highest BCUT2D eigenvalue weighted by molar-refractivity contribution is 6.03. The minimum absolute atomic E-state index is 0.335. The van der Waals surface area contributed by atoms with Crippen LogP contribution in [0.5, 0.6) is 11.5 Å². The van der Waals surface area contributed by atoms with E-state index in [2.05, 4.69) is 0 Å². The predicted molar refractivity (Wildman–Crippen MR) is 86.1 cm³/mol. The van der Waals surface area contributed by atoms with Gasteiger partial charge in [0.05, 0.1) is 21.3 Å². The van der Waals surface area contributed by atoms with Crippen LogP contribution in [0.4, 0.5) is 0 Å². The molecule has 0 spiro atoms. The van der Waals surface area contributed by atoms with E-state index >= 15 is 0 Å². The Morgan fingerprint density at radius 3 is 2.22 bits per heavy atom. The number of methoxy groups -OCH3 is 3. The first-order chi connectivity index (χ1) is 11.2. The van der Waals surface area contributed by atoms with Gasteiger partial charge in [-0.3, -0.25) is 0 Å². The fourth-order valence-electron chi connectivity index (χ4n) is 2.40. The minimum Gasteiger partial charge on any atom is -0.497 e. The van der Waals surface area contributed by atoms with Crippen LogP contribution < -0.4 is 9.47 Å². The Bertz CT molecular complexity index is 846. The molecule has 0 bridgehead atoms. The third-order valence-corrected chi connectivity index (χ3v) is 3.61. The first kappa shape index (κ1) is 15.0. The largest absolute Gasteiger partial charge is 0.497 e. The molecule has 0 fully saturated rings. The van der Waals surface area contributed by atoms with E-state index in [9.17, 15) is 4.79 Å². The maximum atomic E-state index is 12.0. The van der Waals surface area contributed by atoms with Crippen molar-refractivity contribution in [2.75, 3.05) is 21.3 Å². The Labute approximate surface area is 133 Å². The molecule has 0 saturated carbocycles. The van der Waals surface area contributed by atoms with E-state index in [1.165, 1.54) is 7.11 Å². The summed E-state index contributed by atoms with van der Waals surface area (Å²) in [5, 5.41) is 0.774. The number of ether oxygens (including phenoxy) is 3. The number of hydrogen-bond acceptors (Lipinski definition) is 5. The zero-order valence-electron chi connectivity index (χ0n) is 13.1. The summed E-state index contributed by atoms with van der Waals surface area (Å²) in [6.07, 6.45) is 0. The molecule has 0 aliphatic carbocycles. The van der Waals surface area contributed by atoms with E-state index in [-0.39, 0.29) is 0 Å². The van der Waals surface area contributed by atoms with Crippen molar-refractivity contribution in [3.05, 3.63) is 48.0 Å². The van der Waals surface area contributed by atoms with Crippen LogP contribution in [0.3, 0.4) is 0 Å². The number of esters is 1. The first-order valence-electron chi connectivity index (χ1n) is 7.00. The van der Waals surface area contributed by atoms with Gasteiger partial charge in [-0.1, -0.05) is 0 Å². The lowest BCUT2D eigenvalue weighted by atomic mass is 10.1. The standard InChI is InChI=1S/C18H16O5/c1-20-13-6-4-11(5-7-13)16-9-12-8-14(21-2)10-15(17(12)23-16)18(19)22-3/h4-10H,1-3H3. The van der Waals surface area contributed by atoms with Crippen LogP contribution in [0, 0.1) is 0 Å². The summed E-state index contributed by atoms with van der Waals surface area (Å²) in [4.78, 5) is 12.0. The van der Waals surface area contributed by atoms with E-state index in [0.29, 0.717) is 22.7 Å². The highest BCUT2D eigenvalue weighted by atomic mass is 16.5. The van der Waals surface area contributed by atoms with Crippen LogP contribution in [0.15, 0.2) is 46.9 Å². The van der Waals surface area contributed by atoms with Crippen molar-refractivity contribution in [2.45, 2.75) is 0 Å². The Balaban J connectivity index is 2.14. The fourth-order valence-corrected chi connectivity index (χ4v) is 2.40. The smallest absolute Gasteiger partial charge is 0.341 e. The SMILES string of the molecule is COC(=O)c1cc(OC)cc2cc(-c3ccc(OC)cc3)oc12. The topological polar surface area (TPSA) is 57.9 Å². The van der Waals surface area contributed by atoms with Crippen LogP contribution in [0.2, 0.25) is 0 Å². The van der Waals surface area contributed by atoms with Crippen molar-refractivity contribution in [3.63, 3.8) is 0 Å². The molecule has 1 aromatic heterocycles. The third kappa shape index (κ3) is 2.73. The summed E-state index contributed by atoms with van der Waals surface area (Å²) in [6, 6.07) is 12.8. The van der Waals surface area contributed by atoms with Gasteiger partial charge >= 0.3 is 5.97 Å². The lowest BCUT2D eigenvalue weighted by Crippen LogP contribution is -2.02. The van der Waals surface area contributed by atoms with E-state index in [1.54, 1.807) is 20.3 Å². The first-order valence-corrected chi connectivity index (χ1v) is 7.00. The summed E-state index contributed by atoms with van der Waals surface area (Å²) in [7, 11) is 4.50. The van der Waals surface area contributed by atoms with Gasteiger partial charge in [-0.25, -0.2) is 4.79 Å². The van der Waals surface area contributed by atoms with Crippen molar-refractivity contribution < 1.29 is 23.4 Å². The van der Waals surface area contributed by atoms with Crippen molar-refractivity contribution in [1.29, 1.82) is 0 Å². The summed E-state index contributed by atoms with van der Waals surface area (Å²) in [5.74, 6) is 1.52. The molecule has 0 saturated heterocycles. The molecule has 1 heterocycles. The molecule has 0 atom stereocenters. The second-order valence-electron chi connectivity index (χ2n) is 4.92. The molecule has 3 rings (SSSR count). The second kappa shape index (κ2) is 6.04. The maximum Gasteiger partial charge on any atom is 0.341 e. The van der Waals surface area contributed by atoms with Gasteiger partial charge in [0.1, 0.15) is 28.4 Å². The minimum atomic E-state index is -0.468. The monoisotopic (exact) mass is 312 g/mol. The molecule has 3 aromatic rings. The van der Waals surface area contributed by atoms with Crippen LogP contribution in [0.25, 0.3) is 22.3 Å². The van der Waals surface area contributed by atoms with Crippen LogP contribution in [0.1, 0.15) is 10.4 Å². The average Bonchev–Trinajstić information content (AvgIpc) is 3.04. The van der Waals surface area contributed by atoms with Crippen molar-refractivity contribution in [2.24, 2.45) is 0 Å². The normalized spacial score (nSPS) is 10.6.